The van der Waals surface area contributed by atoms with Gasteiger partial charge in [0.1, 0.15) is 11.4 Å². The molecule has 4 nitrogen and oxygen atoms in total. The number of rotatable bonds is 6. The third-order valence-electron chi connectivity index (χ3n) is 3.03. The van der Waals surface area contributed by atoms with Gasteiger partial charge >= 0.3 is 5.97 Å². The van der Waals surface area contributed by atoms with E-state index < -0.39 is 5.60 Å². The van der Waals surface area contributed by atoms with E-state index in [9.17, 15) is 4.79 Å². The van der Waals surface area contributed by atoms with Gasteiger partial charge in [-0.1, -0.05) is 0 Å². The summed E-state index contributed by atoms with van der Waals surface area (Å²) < 4.78 is 10.7. The number of hydrogen-bond acceptors (Lipinski definition) is 4. The predicted octanol–water partition coefficient (Wildman–Crippen LogP) is 2.98. The highest BCUT2D eigenvalue weighted by Crippen LogP contribution is 2.28. The molecule has 106 valence electrons. The standard InChI is InChI=1S/C15H23NO3/c1-15(2,3)19-14(17)8-9-16(12-6-7-12)11-13-5-4-10-18-13/h4-5,10,12H,6-9,11H2,1-3H3. The SMILES string of the molecule is CC(C)(C)OC(=O)CCN(Cc1ccco1)C1CC1. The quantitative estimate of drug-likeness (QED) is 0.742. The third kappa shape index (κ3) is 5.07. The van der Waals surface area contributed by atoms with E-state index >= 15 is 0 Å². The van der Waals surface area contributed by atoms with Gasteiger partial charge in [0.05, 0.1) is 19.2 Å². The Morgan fingerprint density at radius 3 is 2.74 bits per heavy atom. The van der Waals surface area contributed by atoms with Crippen molar-refractivity contribution in [3.8, 4) is 0 Å². The Morgan fingerprint density at radius 2 is 2.21 bits per heavy atom. The van der Waals surface area contributed by atoms with Crippen molar-refractivity contribution in [1.29, 1.82) is 0 Å². The first-order chi connectivity index (χ1) is 8.94. The molecule has 0 unspecified atom stereocenters. The van der Waals surface area contributed by atoms with Gasteiger partial charge in [-0.15, -0.1) is 0 Å². The molecule has 1 aromatic heterocycles. The van der Waals surface area contributed by atoms with E-state index in [0.717, 1.165) is 18.8 Å². The normalized spacial score (nSPS) is 15.8. The molecule has 0 atom stereocenters. The smallest absolute Gasteiger partial charge is 0.307 e. The largest absolute Gasteiger partial charge is 0.468 e. The highest BCUT2D eigenvalue weighted by atomic mass is 16.6. The maximum Gasteiger partial charge on any atom is 0.307 e. The molecule has 0 N–H and O–H groups in total. The Hall–Kier alpha value is -1.29. The van der Waals surface area contributed by atoms with Gasteiger partial charge in [-0.05, 0) is 45.7 Å². The molecular formula is C15H23NO3. The van der Waals surface area contributed by atoms with Crippen LogP contribution in [0.1, 0.15) is 45.8 Å². The van der Waals surface area contributed by atoms with Crippen LogP contribution in [0.4, 0.5) is 0 Å². The topological polar surface area (TPSA) is 42.7 Å². The molecule has 4 heteroatoms. The van der Waals surface area contributed by atoms with Crippen LogP contribution in [0, 0.1) is 0 Å². The van der Waals surface area contributed by atoms with E-state index in [0.29, 0.717) is 12.5 Å². The molecule has 2 rings (SSSR count). The van der Waals surface area contributed by atoms with Gasteiger partial charge in [0.2, 0.25) is 0 Å². The van der Waals surface area contributed by atoms with Crippen LogP contribution in [0.3, 0.4) is 0 Å². The van der Waals surface area contributed by atoms with Crippen LogP contribution in [-0.2, 0) is 16.1 Å². The Kier molecular flexibility index (Phi) is 4.30. The lowest BCUT2D eigenvalue weighted by molar-refractivity contribution is -0.155. The van der Waals surface area contributed by atoms with Crippen molar-refractivity contribution in [2.75, 3.05) is 6.54 Å². The molecule has 1 saturated carbocycles. The third-order valence-corrected chi connectivity index (χ3v) is 3.03. The highest BCUT2D eigenvalue weighted by molar-refractivity contribution is 5.70. The summed E-state index contributed by atoms with van der Waals surface area (Å²) in [5.74, 6) is 0.827. The van der Waals surface area contributed by atoms with E-state index in [1.165, 1.54) is 12.8 Å². The fourth-order valence-corrected chi connectivity index (χ4v) is 2.06. The molecule has 0 spiro atoms. The minimum absolute atomic E-state index is 0.127. The second kappa shape index (κ2) is 5.78. The number of furan rings is 1. The average Bonchev–Trinajstić information content (AvgIpc) is 3.00. The zero-order valence-electron chi connectivity index (χ0n) is 12.0. The summed E-state index contributed by atoms with van der Waals surface area (Å²) in [6, 6.07) is 4.48. The van der Waals surface area contributed by atoms with Crippen LogP contribution in [0.25, 0.3) is 0 Å². The summed E-state index contributed by atoms with van der Waals surface area (Å²) in [5.41, 5.74) is -0.400. The summed E-state index contributed by atoms with van der Waals surface area (Å²) in [6.07, 6.45) is 4.56. The number of ether oxygens (including phenoxy) is 1. The number of esters is 1. The number of carbonyl (C=O) groups is 1. The molecule has 1 aromatic rings. The predicted molar refractivity (Wildman–Crippen MR) is 72.6 cm³/mol. The van der Waals surface area contributed by atoms with Gasteiger partial charge in [-0.3, -0.25) is 9.69 Å². The maximum absolute atomic E-state index is 11.7. The second-order valence-corrected chi connectivity index (χ2v) is 6.12. The Bertz CT molecular complexity index is 402. The molecular weight excluding hydrogens is 242 g/mol. The monoisotopic (exact) mass is 265 g/mol. The van der Waals surface area contributed by atoms with E-state index in [-0.39, 0.29) is 5.97 Å². The first-order valence-electron chi connectivity index (χ1n) is 6.92. The van der Waals surface area contributed by atoms with Crippen LogP contribution in [0.15, 0.2) is 22.8 Å². The molecule has 0 aliphatic heterocycles. The molecule has 1 fully saturated rings. The lowest BCUT2D eigenvalue weighted by atomic mass is 10.2. The summed E-state index contributed by atoms with van der Waals surface area (Å²) in [5, 5.41) is 0. The molecule has 0 radical (unpaired) electrons. The van der Waals surface area contributed by atoms with Crippen molar-refractivity contribution in [3.05, 3.63) is 24.2 Å². The minimum atomic E-state index is -0.400. The molecule has 0 amide bonds. The van der Waals surface area contributed by atoms with E-state index in [1.54, 1.807) is 6.26 Å². The van der Waals surface area contributed by atoms with E-state index in [1.807, 2.05) is 32.9 Å². The Morgan fingerprint density at radius 1 is 1.47 bits per heavy atom. The zero-order chi connectivity index (χ0) is 13.9. The number of hydrogen-bond donors (Lipinski definition) is 0. The minimum Gasteiger partial charge on any atom is -0.468 e. The molecule has 1 aliphatic carbocycles. The lowest BCUT2D eigenvalue weighted by Gasteiger charge is -2.23. The first-order valence-corrected chi connectivity index (χ1v) is 6.92. The Labute approximate surface area is 114 Å². The second-order valence-electron chi connectivity index (χ2n) is 6.12. The van der Waals surface area contributed by atoms with Gasteiger partial charge in [-0.25, -0.2) is 0 Å². The van der Waals surface area contributed by atoms with Crippen LogP contribution in [-0.4, -0.2) is 29.1 Å². The van der Waals surface area contributed by atoms with Crippen molar-refractivity contribution < 1.29 is 13.9 Å². The molecule has 0 bridgehead atoms. The van der Waals surface area contributed by atoms with Crippen LogP contribution < -0.4 is 0 Å². The van der Waals surface area contributed by atoms with Crippen molar-refractivity contribution in [2.24, 2.45) is 0 Å². The first kappa shape index (κ1) is 14.1. The summed E-state index contributed by atoms with van der Waals surface area (Å²) in [4.78, 5) is 14.0. The van der Waals surface area contributed by atoms with E-state index in [4.69, 9.17) is 9.15 Å². The van der Waals surface area contributed by atoms with Crippen LogP contribution in [0.5, 0.6) is 0 Å². The van der Waals surface area contributed by atoms with Crippen molar-refractivity contribution in [2.45, 2.75) is 58.2 Å². The number of carbonyl (C=O) groups excluding carboxylic acids is 1. The lowest BCUT2D eigenvalue weighted by Crippen LogP contribution is -2.30. The van der Waals surface area contributed by atoms with Crippen molar-refractivity contribution >= 4 is 5.97 Å². The van der Waals surface area contributed by atoms with E-state index in [2.05, 4.69) is 4.90 Å². The fourth-order valence-electron chi connectivity index (χ4n) is 2.06. The highest BCUT2D eigenvalue weighted by Gasteiger charge is 2.30. The molecule has 1 heterocycles. The van der Waals surface area contributed by atoms with Gasteiger partial charge in [-0.2, -0.15) is 0 Å². The number of nitrogens with zero attached hydrogens (tertiary/aromatic N) is 1. The molecule has 19 heavy (non-hydrogen) atoms. The molecule has 0 aromatic carbocycles. The average molecular weight is 265 g/mol. The fraction of sp³-hybridized carbons (Fsp3) is 0.667. The Balaban J connectivity index is 1.79. The molecule has 1 aliphatic rings. The zero-order valence-corrected chi connectivity index (χ0v) is 12.0. The maximum atomic E-state index is 11.7. The van der Waals surface area contributed by atoms with Crippen LogP contribution in [0.2, 0.25) is 0 Å². The van der Waals surface area contributed by atoms with Gasteiger partial charge in [0.15, 0.2) is 0 Å². The summed E-state index contributed by atoms with van der Waals surface area (Å²) in [7, 11) is 0. The van der Waals surface area contributed by atoms with Gasteiger partial charge < -0.3 is 9.15 Å². The van der Waals surface area contributed by atoms with Gasteiger partial charge in [0.25, 0.3) is 0 Å². The molecule has 0 saturated heterocycles. The summed E-state index contributed by atoms with van der Waals surface area (Å²) >= 11 is 0. The van der Waals surface area contributed by atoms with Crippen LogP contribution >= 0.6 is 0 Å². The van der Waals surface area contributed by atoms with Crippen molar-refractivity contribution in [1.82, 2.24) is 4.90 Å². The summed E-state index contributed by atoms with van der Waals surface area (Å²) in [6.45, 7) is 7.20. The van der Waals surface area contributed by atoms with Crippen molar-refractivity contribution in [3.63, 3.8) is 0 Å². The van der Waals surface area contributed by atoms with Gasteiger partial charge in [0, 0.05) is 12.6 Å².